The zero-order valence-corrected chi connectivity index (χ0v) is 15.3. The molecule has 0 aliphatic rings. The molecule has 0 unspecified atom stereocenters. The van der Waals surface area contributed by atoms with Gasteiger partial charge in [0.2, 0.25) is 10.0 Å². The van der Waals surface area contributed by atoms with Crippen LogP contribution in [0.3, 0.4) is 0 Å². The Morgan fingerprint density at radius 1 is 1.08 bits per heavy atom. The van der Waals surface area contributed by atoms with Crippen LogP contribution < -0.4 is 9.46 Å². The molecule has 1 heterocycles. The van der Waals surface area contributed by atoms with E-state index in [4.69, 9.17) is 4.74 Å². The molecule has 0 aliphatic carbocycles. The van der Waals surface area contributed by atoms with Crippen LogP contribution in [0.1, 0.15) is 5.69 Å². The smallest absolute Gasteiger partial charge is 0.240 e. The van der Waals surface area contributed by atoms with Gasteiger partial charge in [-0.3, -0.25) is 0 Å². The quantitative estimate of drug-likeness (QED) is 0.689. The maximum atomic E-state index is 12.3. The fraction of sp³-hybridized carbons (Fsp3) is 0.167. The van der Waals surface area contributed by atoms with Gasteiger partial charge in [-0.2, -0.15) is 0 Å². The minimum Gasteiger partial charge on any atom is -0.497 e. The van der Waals surface area contributed by atoms with Gasteiger partial charge in [0.05, 0.1) is 17.7 Å². The Kier molecular flexibility index (Phi) is 5.47. The predicted molar refractivity (Wildman–Crippen MR) is 99.4 cm³/mol. The van der Waals surface area contributed by atoms with Crippen LogP contribution in [-0.4, -0.2) is 27.1 Å². The van der Waals surface area contributed by atoms with E-state index < -0.39 is 10.0 Å². The van der Waals surface area contributed by atoms with Gasteiger partial charge in [-0.25, -0.2) is 18.1 Å². The Balaban J connectivity index is 1.59. The summed E-state index contributed by atoms with van der Waals surface area (Å²) in [4.78, 5) is 4.78. The van der Waals surface area contributed by atoms with Crippen molar-refractivity contribution < 1.29 is 13.2 Å². The van der Waals surface area contributed by atoms with Crippen LogP contribution in [0.2, 0.25) is 0 Å². The van der Waals surface area contributed by atoms with E-state index in [9.17, 15) is 8.42 Å². The molecule has 0 saturated heterocycles. The van der Waals surface area contributed by atoms with Crippen molar-refractivity contribution in [2.75, 3.05) is 13.7 Å². The molecule has 3 rings (SSSR count). The number of nitrogens with zero attached hydrogens (tertiary/aromatic N) is 1. The SMILES string of the molecule is COc1ccc(S(=O)(=O)NCCc2csc(-c3ccccc3)n2)cc1. The van der Waals surface area contributed by atoms with E-state index in [1.54, 1.807) is 30.6 Å². The Morgan fingerprint density at radius 2 is 1.80 bits per heavy atom. The van der Waals surface area contributed by atoms with Crippen LogP contribution in [0.25, 0.3) is 10.6 Å². The van der Waals surface area contributed by atoms with Gasteiger partial charge in [-0.1, -0.05) is 30.3 Å². The topological polar surface area (TPSA) is 68.3 Å². The lowest BCUT2D eigenvalue weighted by Crippen LogP contribution is -2.26. The Morgan fingerprint density at radius 3 is 2.48 bits per heavy atom. The molecule has 1 aromatic heterocycles. The van der Waals surface area contributed by atoms with Crippen LogP contribution in [0, 0.1) is 0 Å². The fourth-order valence-electron chi connectivity index (χ4n) is 2.29. The van der Waals surface area contributed by atoms with Crippen molar-refractivity contribution in [2.45, 2.75) is 11.3 Å². The number of methoxy groups -OCH3 is 1. The second-order valence-corrected chi connectivity index (χ2v) is 7.96. The number of thiazole rings is 1. The normalized spacial score (nSPS) is 11.4. The molecule has 7 heteroatoms. The summed E-state index contributed by atoms with van der Waals surface area (Å²) >= 11 is 1.56. The number of hydrogen-bond acceptors (Lipinski definition) is 5. The molecule has 0 radical (unpaired) electrons. The highest BCUT2D eigenvalue weighted by Gasteiger charge is 2.14. The van der Waals surface area contributed by atoms with Crippen molar-refractivity contribution in [2.24, 2.45) is 0 Å². The van der Waals surface area contributed by atoms with Gasteiger partial charge in [0, 0.05) is 23.9 Å². The van der Waals surface area contributed by atoms with Gasteiger partial charge < -0.3 is 4.74 Å². The molecule has 0 amide bonds. The van der Waals surface area contributed by atoms with Crippen LogP contribution in [-0.2, 0) is 16.4 Å². The molecule has 1 N–H and O–H groups in total. The molecule has 130 valence electrons. The highest BCUT2D eigenvalue weighted by atomic mass is 32.2. The maximum Gasteiger partial charge on any atom is 0.240 e. The van der Waals surface area contributed by atoms with Gasteiger partial charge in [0.15, 0.2) is 0 Å². The first kappa shape index (κ1) is 17.6. The van der Waals surface area contributed by atoms with Crippen LogP contribution in [0.15, 0.2) is 64.9 Å². The highest BCUT2D eigenvalue weighted by molar-refractivity contribution is 7.89. The molecular weight excluding hydrogens is 356 g/mol. The summed E-state index contributed by atoms with van der Waals surface area (Å²) in [6.45, 7) is 0.298. The Hall–Kier alpha value is -2.22. The van der Waals surface area contributed by atoms with Crippen molar-refractivity contribution in [1.29, 1.82) is 0 Å². The third-order valence-electron chi connectivity index (χ3n) is 3.62. The lowest BCUT2D eigenvalue weighted by atomic mass is 10.2. The number of benzene rings is 2. The molecule has 0 saturated carbocycles. The highest BCUT2D eigenvalue weighted by Crippen LogP contribution is 2.23. The average molecular weight is 374 g/mol. The van der Waals surface area contributed by atoms with E-state index in [1.165, 1.54) is 12.1 Å². The molecule has 5 nitrogen and oxygen atoms in total. The average Bonchev–Trinajstić information content (AvgIpc) is 3.11. The van der Waals surface area contributed by atoms with E-state index >= 15 is 0 Å². The number of nitrogens with one attached hydrogen (secondary N) is 1. The van der Waals surface area contributed by atoms with Crippen LogP contribution >= 0.6 is 11.3 Å². The number of ether oxygens (including phenoxy) is 1. The van der Waals surface area contributed by atoms with Gasteiger partial charge >= 0.3 is 0 Å². The van der Waals surface area contributed by atoms with Crippen LogP contribution in [0.5, 0.6) is 5.75 Å². The summed E-state index contributed by atoms with van der Waals surface area (Å²) in [7, 11) is -1.99. The second kappa shape index (κ2) is 7.77. The predicted octanol–water partition coefficient (Wildman–Crippen LogP) is 3.34. The summed E-state index contributed by atoms with van der Waals surface area (Å²) in [6, 6.07) is 16.2. The van der Waals surface area contributed by atoms with E-state index in [0.717, 1.165) is 16.3 Å². The van der Waals surface area contributed by atoms with E-state index in [0.29, 0.717) is 18.7 Å². The molecule has 0 spiro atoms. The molecular formula is C18H18N2O3S2. The second-order valence-electron chi connectivity index (χ2n) is 5.33. The number of hydrogen-bond donors (Lipinski definition) is 1. The van der Waals surface area contributed by atoms with Crippen molar-refractivity contribution in [3.05, 3.63) is 65.7 Å². The lowest BCUT2D eigenvalue weighted by molar-refractivity contribution is 0.414. The summed E-state index contributed by atoms with van der Waals surface area (Å²) in [5.74, 6) is 0.620. The van der Waals surface area contributed by atoms with E-state index in [-0.39, 0.29) is 4.90 Å². The van der Waals surface area contributed by atoms with E-state index in [1.807, 2.05) is 35.7 Å². The number of rotatable bonds is 7. The number of aromatic nitrogens is 1. The fourth-order valence-corrected chi connectivity index (χ4v) is 4.18. The Labute approximate surface area is 151 Å². The zero-order chi connectivity index (χ0) is 17.7. The standard InChI is InChI=1S/C18H18N2O3S2/c1-23-16-7-9-17(10-8-16)25(21,22)19-12-11-15-13-24-18(20-15)14-5-3-2-4-6-14/h2-10,13,19H,11-12H2,1H3. The largest absolute Gasteiger partial charge is 0.497 e. The molecule has 2 aromatic carbocycles. The summed E-state index contributed by atoms with van der Waals surface area (Å²) in [5, 5.41) is 2.90. The van der Waals surface area contributed by atoms with E-state index in [2.05, 4.69) is 9.71 Å². The third kappa shape index (κ3) is 4.45. The van der Waals surface area contributed by atoms with Crippen LogP contribution in [0.4, 0.5) is 0 Å². The summed E-state index contributed by atoms with van der Waals surface area (Å²) < 4.78 is 32.2. The molecule has 0 aliphatic heterocycles. The molecule has 0 atom stereocenters. The van der Waals surface area contributed by atoms with Gasteiger partial charge in [0.25, 0.3) is 0 Å². The third-order valence-corrected chi connectivity index (χ3v) is 6.03. The monoisotopic (exact) mass is 374 g/mol. The zero-order valence-electron chi connectivity index (χ0n) is 13.7. The maximum absolute atomic E-state index is 12.3. The Bertz CT molecular complexity index is 920. The first-order chi connectivity index (χ1) is 12.1. The number of sulfonamides is 1. The van der Waals surface area contributed by atoms with Gasteiger partial charge in [-0.05, 0) is 24.3 Å². The molecule has 25 heavy (non-hydrogen) atoms. The minimum atomic E-state index is -3.53. The summed E-state index contributed by atoms with van der Waals surface area (Å²) in [5.41, 5.74) is 1.94. The van der Waals surface area contributed by atoms with Crippen molar-refractivity contribution >= 4 is 21.4 Å². The van der Waals surface area contributed by atoms with Gasteiger partial charge in [0.1, 0.15) is 10.8 Å². The first-order valence-corrected chi connectivity index (χ1v) is 10.1. The lowest BCUT2D eigenvalue weighted by Gasteiger charge is -2.06. The first-order valence-electron chi connectivity index (χ1n) is 7.72. The van der Waals surface area contributed by atoms with Gasteiger partial charge in [-0.15, -0.1) is 11.3 Å². The molecule has 3 aromatic rings. The van der Waals surface area contributed by atoms with Crippen molar-refractivity contribution in [3.63, 3.8) is 0 Å². The summed E-state index contributed by atoms with van der Waals surface area (Å²) in [6.07, 6.45) is 0.540. The van der Waals surface area contributed by atoms with Crippen molar-refractivity contribution in [3.8, 4) is 16.3 Å². The minimum absolute atomic E-state index is 0.219. The molecule has 0 bridgehead atoms. The van der Waals surface area contributed by atoms with Crippen molar-refractivity contribution in [1.82, 2.24) is 9.71 Å². The molecule has 0 fully saturated rings.